The Balaban J connectivity index is 3.21. The lowest BCUT2D eigenvalue weighted by Gasteiger charge is -2.13. The van der Waals surface area contributed by atoms with Crippen molar-refractivity contribution in [3.05, 3.63) is 23.8 Å². The van der Waals surface area contributed by atoms with E-state index in [1.165, 1.54) is 0 Å². The average molecular weight is 224 g/mol. The molecule has 0 spiro atoms. The lowest BCUT2D eigenvalue weighted by atomic mass is 10.1. The molecule has 5 nitrogen and oxygen atoms in total. The van der Waals surface area contributed by atoms with E-state index in [-0.39, 0.29) is 0 Å². The Morgan fingerprint density at radius 3 is 2.62 bits per heavy atom. The smallest absolute Gasteiger partial charge is 0.176 e. The van der Waals surface area contributed by atoms with Gasteiger partial charge in [0, 0.05) is 6.54 Å². The van der Waals surface area contributed by atoms with Crippen LogP contribution in [0, 0.1) is 0 Å². The minimum Gasteiger partial charge on any atom is -0.493 e. The van der Waals surface area contributed by atoms with E-state index < -0.39 is 0 Å². The van der Waals surface area contributed by atoms with E-state index >= 15 is 0 Å². The number of rotatable bonds is 4. The molecule has 0 aliphatic carbocycles. The van der Waals surface area contributed by atoms with Gasteiger partial charge in [-0.15, -0.1) is 0 Å². The van der Waals surface area contributed by atoms with E-state index in [9.17, 15) is 0 Å². The van der Waals surface area contributed by atoms with Crippen molar-refractivity contribution in [1.82, 2.24) is 5.32 Å². The highest BCUT2D eigenvalue weighted by Crippen LogP contribution is 2.30. The Morgan fingerprint density at radius 2 is 2.12 bits per heavy atom. The molecule has 1 aromatic carbocycles. The molecule has 16 heavy (non-hydrogen) atoms. The van der Waals surface area contributed by atoms with Crippen LogP contribution in [0.4, 0.5) is 0 Å². The molecule has 0 bridgehead atoms. The maximum Gasteiger partial charge on any atom is 0.176 e. The Hall–Kier alpha value is -1.91. The molecule has 0 aliphatic heterocycles. The summed E-state index contributed by atoms with van der Waals surface area (Å²) in [7, 11) is 3.10. The fourth-order valence-corrected chi connectivity index (χ4v) is 1.43. The quantitative estimate of drug-likeness (QED) is 0.351. The summed E-state index contributed by atoms with van der Waals surface area (Å²) < 4.78 is 10.4. The molecule has 0 saturated heterocycles. The number of methoxy groups -OCH3 is 2. The van der Waals surface area contributed by atoms with Crippen molar-refractivity contribution in [1.29, 1.82) is 0 Å². The van der Waals surface area contributed by atoms with Gasteiger partial charge in [-0.3, -0.25) is 0 Å². The lowest BCUT2D eigenvalue weighted by molar-refractivity contribution is 0.316. The second-order valence-electron chi connectivity index (χ2n) is 3.02. The van der Waals surface area contributed by atoms with Crippen LogP contribution >= 0.6 is 0 Å². The van der Waals surface area contributed by atoms with Crippen molar-refractivity contribution in [2.45, 2.75) is 6.92 Å². The number of nitrogens with zero attached hydrogens (tertiary/aromatic N) is 1. The first-order valence-corrected chi connectivity index (χ1v) is 4.95. The number of para-hydroxylation sites is 1. The zero-order chi connectivity index (χ0) is 12.0. The summed E-state index contributed by atoms with van der Waals surface area (Å²) in [5.74, 6) is 1.50. The number of amidine groups is 1. The standard InChI is InChI=1S/C11H16N2O3/c1-4-12-11(13-14)8-6-5-7-9(15-2)10(8)16-3/h5-7,14H,4H2,1-3H3,(H,12,13). The Kier molecular flexibility index (Phi) is 4.44. The number of benzene rings is 1. The summed E-state index contributed by atoms with van der Waals surface area (Å²) in [6.45, 7) is 2.57. The second-order valence-corrected chi connectivity index (χ2v) is 3.02. The maximum atomic E-state index is 8.92. The normalized spacial score (nSPS) is 11.1. The van der Waals surface area contributed by atoms with Gasteiger partial charge >= 0.3 is 0 Å². The van der Waals surface area contributed by atoms with Gasteiger partial charge in [-0.1, -0.05) is 11.2 Å². The highest BCUT2D eigenvalue weighted by molar-refractivity contribution is 6.01. The summed E-state index contributed by atoms with van der Waals surface area (Å²) in [6.07, 6.45) is 0. The van der Waals surface area contributed by atoms with E-state index in [0.717, 1.165) is 0 Å². The van der Waals surface area contributed by atoms with E-state index in [4.69, 9.17) is 14.7 Å². The van der Waals surface area contributed by atoms with Crippen molar-refractivity contribution in [3.8, 4) is 11.5 Å². The van der Waals surface area contributed by atoms with Crippen LogP contribution in [0.3, 0.4) is 0 Å². The summed E-state index contributed by atoms with van der Waals surface area (Å²) in [5, 5.41) is 15.1. The largest absolute Gasteiger partial charge is 0.493 e. The fourth-order valence-electron chi connectivity index (χ4n) is 1.43. The molecule has 0 amide bonds. The van der Waals surface area contributed by atoms with Crippen LogP contribution < -0.4 is 14.8 Å². The van der Waals surface area contributed by atoms with Gasteiger partial charge in [0.1, 0.15) is 0 Å². The number of hydrogen-bond donors (Lipinski definition) is 2. The SMILES string of the molecule is CCN/C(=N\O)c1cccc(OC)c1OC. The molecule has 1 aromatic rings. The summed E-state index contributed by atoms with van der Waals surface area (Å²) in [6, 6.07) is 5.38. The molecule has 1 rings (SSSR count). The van der Waals surface area contributed by atoms with Crippen molar-refractivity contribution >= 4 is 5.84 Å². The van der Waals surface area contributed by atoms with Crippen LogP contribution in [-0.2, 0) is 0 Å². The first-order chi connectivity index (χ1) is 7.78. The molecule has 0 unspecified atom stereocenters. The van der Waals surface area contributed by atoms with E-state index in [1.54, 1.807) is 32.4 Å². The van der Waals surface area contributed by atoms with E-state index in [0.29, 0.717) is 29.4 Å². The monoisotopic (exact) mass is 224 g/mol. The first kappa shape index (κ1) is 12.2. The molecule has 0 radical (unpaired) electrons. The number of oxime groups is 1. The van der Waals surface area contributed by atoms with Gasteiger partial charge in [0.2, 0.25) is 0 Å². The van der Waals surface area contributed by atoms with Gasteiger partial charge in [0.05, 0.1) is 19.8 Å². The van der Waals surface area contributed by atoms with Crippen LogP contribution in [0.15, 0.2) is 23.4 Å². The lowest BCUT2D eigenvalue weighted by Crippen LogP contribution is -2.24. The van der Waals surface area contributed by atoms with Gasteiger partial charge in [-0.05, 0) is 19.1 Å². The van der Waals surface area contributed by atoms with Gasteiger partial charge in [-0.25, -0.2) is 0 Å². The van der Waals surface area contributed by atoms with Crippen LogP contribution in [0.25, 0.3) is 0 Å². The molecule has 2 N–H and O–H groups in total. The summed E-state index contributed by atoms with van der Waals surface area (Å²) in [5.41, 5.74) is 0.659. The van der Waals surface area contributed by atoms with Crippen LogP contribution in [-0.4, -0.2) is 31.8 Å². The van der Waals surface area contributed by atoms with Gasteiger partial charge < -0.3 is 20.0 Å². The molecule has 0 atom stereocenters. The minimum absolute atomic E-state index is 0.359. The van der Waals surface area contributed by atoms with Crippen molar-refractivity contribution in [2.75, 3.05) is 20.8 Å². The van der Waals surface area contributed by atoms with Crippen LogP contribution in [0.1, 0.15) is 12.5 Å². The molecule has 88 valence electrons. The molecular formula is C11H16N2O3. The van der Waals surface area contributed by atoms with Crippen molar-refractivity contribution in [2.24, 2.45) is 5.16 Å². The maximum absolute atomic E-state index is 8.92. The third-order valence-corrected chi connectivity index (χ3v) is 2.10. The minimum atomic E-state index is 0.359. The molecule has 0 aromatic heterocycles. The van der Waals surface area contributed by atoms with Crippen LogP contribution in [0.5, 0.6) is 11.5 Å². The number of nitrogens with one attached hydrogen (secondary N) is 1. The van der Waals surface area contributed by atoms with Gasteiger partial charge in [0.25, 0.3) is 0 Å². The first-order valence-electron chi connectivity index (χ1n) is 4.95. The predicted molar refractivity (Wildman–Crippen MR) is 61.5 cm³/mol. The van der Waals surface area contributed by atoms with Crippen molar-refractivity contribution < 1.29 is 14.7 Å². The van der Waals surface area contributed by atoms with Gasteiger partial charge in [-0.2, -0.15) is 0 Å². The van der Waals surface area contributed by atoms with Crippen LogP contribution in [0.2, 0.25) is 0 Å². The predicted octanol–water partition coefficient (Wildman–Crippen LogP) is 1.45. The summed E-state index contributed by atoms with van der Waals surface area (Å²) in [4.78, 5) is 0. The molecule has 0 saturated carbocycles. The fraction of sp³-hybridized carbons (Fsp3) is 0.364. The topological polar surface area (TPSA) is 63.1 Å². The second kappa shape index (κ2) is 5.85. The zero-order valence-corrected chi connectivity index (χ0v) is 9.65. The third-order valence-electron chi connectivity index (χ3n) is 2.10. The average Bonchev–Trinajstić information content (AvgIpc) is 2.34. The Morgan fingerprint density at radius 1 is 1.38 bits per heavy atom. The number of hydrogen-bond acceptors (Lipinski definition) is 4. The zero-order valence-electron chi connectivity index (χ0n) is 9.65. The third kappa shape index (κ3) is 2.36. The number of ether oxygens (including phenoxy) is 2. The molecule has 0 heterocycles. The molecular weight excluding hydrogens is 208 g/mol. The van der Waals surface area contributed by atoms with E-state index in [1.807, 2.05) is 6.92 Å². The van der Waals surface area contributed by atoms with Crippen molar-refractivity contribution in [3.63, 3.8) is 0 Å². The van der Waals surface area contributed by atoms with Gasteiger partial charge in [0.15, 0.2) is 17.3 Å². The molecule has 5 heteroatoms. The highest BCUT2D eigenvalue weighted by atomic mass is 16.5. The molecule has 0 aliphatic rings. The van der Waals surface area contributed by atoms with E-state index in [2.05, 4.69) is 10.5 Å². The Labute approximate surface area is 94.7 Å². The summed E-state index contributed by atoms with van der Waals surface area (Å²) >= 11 is 0. The molecule has 0 fully saturated rings. The Bertz CT molecular complexity index is 377. The highest BCUT2D eigenvalue weighted by Gasteiger charge is 2.14.